The Morgan fingerprint density at radius 1 is 1.86 bits per heavy atom. The van der Waals surface area contributed by atoms with E-state index in [9.17, 15) is 4.79 Å². The molecular formula is C3H5NaO3. The second kappa shape index (κ2) is 2.67. The van der Waals surface area contributed by atoms with Crippen molar-refractivity contribution in [1.82, 2.24) is 0 Å². The number of carboxylic acid groups (broad SMARTS) is 1. The van der Waals surface area contributed by atoms with Gasteiger partial charge in [-0.05, 0) is 0 Å². The number of aliphatic carboxylic acids is 1. The van der Waals surface area contributed by atoms with E-state index in [1.165, 1.54) is 0 Å². The third kappa shape index (κ3) is 2.29. The van der Waals surface area contributed by atoms with Crippen LogP contribution in [-0.2, 0) is 9.53 Å². The van der Waals surface area contributed by atoms with Gasteiger partial charge in [-0.15, -0.1) is 0 Å². The van der Waals surface area contributed by atoms with Gasteiger partial charge in [0.15, 0.2) is 6.10 Å². The first-order chi connectivity index (χ1) is 2.80. The van der Waals surface area contributed by atoms with Gasteiger partial charge in [0.25, 0.3) is 0 Å². The molecule has 0 aliphatic carbocycles. The molecule has 0 amide bonds. The summed E-state index contributed by atoms with van der Waals surface area (Å²) in [5.41, 5.74) is 0. The van der Waals surface area contributed by atoms with Gasteiger partial charge in [-0.3, -0.25) is 0 Å². The topological polar surface area (TPSA) is 49.8 Å². The van der Waals surface area contributed by atoms with Crippen molar-refractivity contribution in [3.63, 3.8) is 0 Å². The predicted octanol–water partition coefficient (Wildman–Crippen LogP) is -1.18. The van der Waals surface area contributed by atoms with E-state index in [1.807, 2.05) is 0 Å². The average Bonchev–Trinajstić information content (AvgIpc) is 2.06. The van der Waals surface area contributed by atoms with Crippen molar-refractivity contribution in [3.8, 4) is 0 Å². The number of carboxylic acids is 1. The van der Waals surface area contributed by atoms with Crippen molar-refractivity contribution in [2.24, 2.45) is 0 Å². The molecule has 1 aliphatic rings. The molecule has 7 heavy (non-hydrogen) atoms. The van der Waals surface area contributed by atoms with Gasteiger partial charge >= 0.3 is 35.5 Å². The van der Waals surface area contributed by atoms with Crippen molar-refractivity contribution >= 4 is 35.5 Å². The fourth-order valence-corrected chi connectivity index (χ4v) is 0.191. The van der Waals surface area contributed by atoms with Gasteiger partial charge in [-0.1, -0.05) is 0 Å². The van der Waals surface area contributed by atoms with Gasteiger partial charge in [0, 0.05) is 0 Å². The molecule has 0 unspecified atom stereocenters. The van der Waals surface area contributed by atoms with Crippen molar-refractivity contribution in [1.29, 1.82) is 0 Å². The molecule has 1 N–H and O–H groups in total. The molecule has 1 rings (SSSR count). The van der Waals surface area contributed by atoms with Crippen LogP contribution in [-0.4, -0.2) is 53.3 Å². The summed E-state index contributed by atoms with van der Waals surface area (Å²) in [4.78, 5) is 9.64. The molecule has 0 aromatic heterocycles. The summed E-state index contributed by atoms with van der Waals surface area (Å²) < 4.78 is 4.37. The second-order valence-electron chi connectivity index (χ2n) is 1.16. The molecule has 0 aromatic carbocycles. The van der Waals surface area contributed by atoms with Gasteiger partial charge in [-0.2, -0.15) is 0 Å². The molecule has 4 heteroatoms. The first kappa shape index (κ1) is 7.43. The summed E-state index contributed by atoms with van der Waals surface area (Å²) in [6.45, 7) is 0.398. The Balaban J connectivity index is 0.000000360. The number of carbonyl (C=O) groups is 1. The van der Waals surface area contributed by atoms with E-state index in [0.717, 1.165) is 0 Å². The van der Waals surface area contributed by atoms with Crippen molar-refractivity contribution in [2.75, 3.05) is 6.61 Å². The molecule has 0 saturated carbocycles. The van der Waals surface area contributed by atoms with Crippen LogP contribution in [0.2, 0.25) is 0 Å². The maximum atomic E-state index is 9.64. The molecule has 1 atom stereocenters. The van der Waals surface area contributed by atoms with Crippen LogP contribution in [0.15, 0.2) is 0 Å². The molecule has 36 valence electrons. The summed E-state index contributed by atoms with van der Waals surface area (Å²) in [6.07, 6.45) is -0.481. The SMILES string of the molecule is O=C(O)[C@H]1CO1.[NaH]. The standard InChI is InChI=1S/C3H4O3.Na.H/c4-3(5)2-1-6-2;;/h2H,1H2,(H,4,5);;/t2-;;/m1../s1. The van der Waals surface area contributed by atoms with Crippen LogP contribution in [0.5, 0.6) is 0 Å². The molecule has 1 fully saturated rings. The summed E-state index contributed by atoms with van der Waals surface area (Å²) in [5.74, 6) is -0.852. The van der Waals surface area contributed by atoms with Crippen LogP contribution in [0.4, 0.5) is 0 Å². The fraction of sp³-hybridized carbons (Fsp3) is 0.667. The Morgan fingerprint density at radius 3 is 2.29 bits per heavy atom. The summed E-state index contributed by atoms with van der Waals surface area (Å²) in [6, 6.07) is 0. The van der Waals surface area contributed by atoms with E-state index in [0.29, 0.717) is 6.61 Å². The zero-order chi connectivity index (χ0) is 4.57. The summed E-state index contributed by atoms with van der Waals surface area (Å²) >= 11 is 0. The van der Waals surface area contributed by atoms with Gasteiger partial charge in [0.2, 0.25) is 0 Å². The minimum absolute atomic E-state index is 0. The Morgan fingerprint density at radius 2 is 2.29 bits per heavy atom. The maximum absolute atomic E-state index is 9.64. The molecule has 1 heterocycles. The first-order valence-corrected chi connectivity index (χ1v) is 1.65. The Labute approximate surface area is 62.9 Å². The molecule has 0 radical (unpaired) electrons. The van der Waals surface area contributed by atoms with Crippen LogP contribution in [0.25, 0.3) is 0 Å². The number of hydrogen-bond donors (Lipinski definition) is 1. The van der Waals surface area contributed by atoms with E-state index < -0.39 is 12.1 Å². The predicted molar refractivity (Wildman–Crippen MR) is 24.5 cm³/mol. The van der Waals surface area contributed by atoms with Gasteiger partial charge in [0.05, 0.1) is 6.61 Å². The van der Waals surface area contributed by atoms with Gasteiger partial charge in [-0.25, -0.2) is 4.79 Å². The monoisotopic (exact) mass is 112 g/mol. The van der Waals surface area contributed by atoms with Crippen LogP contribution in [0.3, 0.4) is 0 Å². The van der Waals surface area contributed by atoms with E-state index in [-0.39, 0.29) is 29.6 Å². The molecule has 3 nitrogen and oxygen atoms in total. The van der Waals surface area contributed by atoms with Crippen LogP contribution in [0, 0.1) is 0 Å². The quantitative estimate of drug-likeness (QED) is 0.343. The summed E-state index contributed by atoms with van der Waals surface area (Å²) in [5, 5.41) is 7.93. The van der Waals surface area contributed by atoms with Gasteiger partial charge in [0.1, 0.15) is 0 Å². The van der Waals surface area contributed by atoms with Crippen molar-refractivity contribution in [3.05, 3.63) is 0 Å². The normalized spacial score (nSPS) is 25.4. The van der Waals surface area contributed by atoms with Crippen molar-refractivity contribution < 1.29 is 14.6 Å². The Bertz CT molecular complexity index is 78.2. The molecular weight excluding hydrogens is 107 g/mol. The zero-order valence-electron chi connectivity index (χ0n) is 3.05. The second-order valence-corrected chi connectivity index (χ2v) is 1.16. The van der Waals surface area contributed by atoms with E-state index >= 15 is 0 Å². The number of rotatable bonds is 1. The third-order valence-corrected chi connectivity index (χ3v) is 0.609. The van der Waals surface area contributed by atoms with E-state index in [2.05, 4.69) is 4.74 Å². The van der Waals surface area contributed by atoms with E-state index in [4.69, 9.17) is 5.11 Å². The zero-order valence-corrected chi connectivity index (χ0v) is 3.05. The molecule has 0 aromatic rings. The Hall–Kier alpha value is 0.430. The fourth-order valence-electron chi connectivity index (χ4n) is 0.191. The summed E-state index contributed by atoms with van der Waals surface area (Å²) in [7, 11) is 0. The molecule has 1 saturated heterocycles. The van der Waals surface area contributed by atoms with Crippen LogP contribution in [0.1, 0.15) is 0 Å². The third-order valence-electron chi connectivity index (χ3n) is 0.609. The molecule has 0 bridgehead atoms. The Kier molecular flexibility index (Phi) is 2.83. The van der Waals surface area contributed by atoms with E-state index in [1.54, 1.807) is 0 Å². The molecule has 0 spiro atoms. The van der Waals surface area contributed by atoms with Gasteiger partial charge < -0.3 is 9.84 Å². The van der Waals surface area contributed by atoms with Crippen molar-refractivity contribution in [2.45, 2.75) is 6.10 Å². The minimum atomic E-state index is -0.852. The number of epoxide rings is 1. The first-order valence-electron chi connectivity index (χ1n) is 1.65. The molecule has 1 aliphatic heterocycles. The van der Waals surface area contributed by atoms with Crippen LogP contribution >= 0.6 is 0 Å². The number of ether oxygens (including phenoxy) is 1. The number of hydrogen-bond acceptors (Lipinski definition) is 2. The average molecular weight is 112 g/mol. The van der Waals surface area contributed by atoms with Crippen LogP contribution < -0.4 is 0 Å².